The van der Waals surface area contributed by atoms with Gasteiger partial charge in [0.15, 0.2) is 17.7 Å². The van der Waals surface area contributed by atoms with Crippen LogP contribution in [0.2, 0.25) is 0 Å². The Kier molecular flexibility index (Phi) is 6.22. The van der Waals surface area contributed by atoms with Crippen LogP contribution in [0, 0.1) is 12.7 Å². The molecular weight excluding hydrogens is 415 g/mol. The normalized spacial score (nSPS) is 18.6. The lowest BCUT2D eigenvalue weighted by Crippen LogP contribution is -2.46. The standard InChI is InChI=1S/C22H27FN6O3/c1-4-17-22(31)27-20-18(32-17)11-25-15(19(20)23)12-28-7-9-29(10-8-28)16-6-5-14(21(30)24-3)26-13(16)2/h5-6,11,17H,4,7-10,12H2,1-3H3,(H,24,30)(H,27,31)/t17-/m1/s1. The van der Waals surface area contributed by atoms with E-state index in [4.69, 9.17) is 4.74 Å². The SMILES string of the molecule is CC[C@H]1Oc2cnc(CN3CCN(c4ccc(C(=O)NC)nc4C)CC3)c(F)c2NC1=O. The van der Waals surface area contributed by atoms with Gasteiger partial charge in [0.1, 0.15) is 11.4 Å². The molecule has 9 nitrogen and oxygen atoms in total. The minimum Gasteiger partial charge on any atom is -0.477 e. The quantitative estimate of drug-likeness (QED) is 0.727. The topological polar surface area (TPSA) is 99.7 Å². The summed E-state index contributed by atoms with van der Waals surface area (Å²) in [7, 11) is 1.58. The van der Waals surface area contributed by atoms with E-state index in [0.29, 0.717) is 18.7 Å². The molecule has 2 aromatic rings. The van der Waals surface area contributed by atoms with Crippen molar-refractivity contribution in [2.45, 2.75) is 32.9 Å². The maximum atomic E-state index is 15.0. The summed E-state index contributed by atoms with van der Waals surface area (Å²) < 4.78 is 20.6. The van der Waals surface area contributed by atoms with Gasteiger partial charge < -0.3 is 20.3 Å². The lowest BCUT2D eigenvalue weighted by molar-refractivity contribution is -0.123. The third-order valence-corrected chi connectivity index (χ3v) is 5.84. The number of ether oxygens (including phenoxy) is 1. The molecule has 2 amide bonds. The van der Waals surface area contributed by atoms with Crippen LogP contribution < -0.4 is 20.3 Å². The highest BCUT2D eigenvalue weighted by molar-refractivity contribution is 5.97. The second kappa shape index (κ2) is 9.07. The predicted molar refractivity (Wildman–Crippen MR) is 117 cm³/mol. The fourth-order valence-electron chi connectivity index (χ4n) is 4.01. The van der Waals surface area contributed by atoms with Gasteiger partial charge in [0.25, 0.3) is 11.8 Å². The zero-order valence-corrected chi connectivity index (χ0v) is 18.4. The summed E-state index contributed by atoms with van der Waals surface area (Å²) in [4.78, 5) is 36.8. The first-order chi connectivity index (χ1) is 15.4. The molecule has 0 saturated carbocycles. The molecular formula is C22H27FN6O3. The van der Waals surface area contributed by atoms with Gasteiger partial charge >= 0.3 is 0 Å². The number of hydrogen-bond acceptors (Lipinski definition) is 7. The Labute approximate surface area is 186 Å². The van der Waals surface area contributed by atoms with E-state index in [0.717, 1.165) is 37.6 Å². The molecule has 1 saturated heterocycles. The first-order valence-corrected chi connectivity index (χ1v) is 10.7. The van der Waals surface area contributed by atoms with Crippen LogP contribution >= 0.6 is 0 Å². The number of pyridine rings is 2. The minimum atomic E-state index is -0.619. The van der Waals surface area contributed by atoms with E-state index in [-0.39, 0.29) is 28.9 Å². The van der Waals surface area contributed by atoms with Gasteiger partial charge in [-0.2, -0.15) is 0 Å². The van der Waals surface area contributed by atoms with Crippen LogP contribution in [0.4, 0.5) is 15.8 Å². The average Bonchev–Trinajstić information content (AvgIpc) is 2.81. The second-order valence-electron chi connectivity index (χ2n) is 7.91. The van der Waals surface area contributed by atoms with Gasteiger partial charge in [0.2, 0.25) is 0 Å². The number of amides is 2. The number of nitrogens with one attached hydrogen (secondary N) is 2. The number of anilines is 2. The van der Waals surface area contributed by atoms with Crippen LogP contribution in [0.3, 0.4) is 0 Å². The number of fused-ring (bicyclic) bond motifs is 1. The molecule has 0 aromatic carbocycles. The Morgan fingerprint density at radius 2 is 2.06 bits per heavy atom. The van der Waals surface area contributed by atoms with E-state index < -0.39 is 11.9 Å². The van der Waals surface area contributed by atoms with Crippen molar-refractivity contribution in [3.8, 4) is 5.75 Å². The van der Waals surface area contributed by atoms with Crippen molar-refractivity contribution < 1.29 is 18.7 Å². The highest BCUT2D eigenvalue weighted by Crippen LogP contribution is 2.33. The second-order valence-corrected chi connectivity index (χ2v) is 7.91. The summed E-state index contributed by atoms with van der Waals surface area (Å²) >= 11 is 0. The lowest BCUT2D eigenvalue weighted by Gasteiger charge is -2.36. The Morgan fingerprint density at radius 1 is 1.31 bits per heavy atom. The van der Waals surface area contributed by atoms with E-state index in [1.807, 2.05) is 19.9 Å². The van der Waals surface area contributed by atoms with Crippen molar-refractivity contribution in [2.24, 2.45) is 0 Å². The predicted octanol–water partition coefficient (Wildman–Crippen LogP) is 1.72. The molecule has 0 unspecified atom stereocenters. The summed E-state index contributed by atoms with van der Waals surface area (Å²) in [5, 5.41) is 5.20. The molecule has 10 heteroatoms. The van der Waals surface area contributed by atoms with Crippen molar-refractivity contribution in [1.82, 2.24) is 20.2 Å². The van der Waals surface area contributed by atoms with Gasteiger partial charge in [0, 0.05) is 39.8 Å². The highest BCUT2D eigenvalue weighted by atomic mass is 19.1. The minimum absolute atomic E-state index is 0.0706. The molecule has 2 N–H and O–H groups in total. The van der Waals surface area contributed by atoms with Crippen molar-refractivity contribution in [3.05, 3.63) is 41.2 Å². The van der Waals surface area contributed by atoms with Crippen LogP contribution in [0.1, 0.15) is 35.2 Å². The number of rotatable bonds is 5. The molecule has 0 radical (unpaired) electrons. The van der Waals surface area contributed by atoms with Crippen molar-refractivity contribution in [1.29, 1.82) is 0 Å². The summed E-state index contributed by atoms with van der Waals surface area (Å²) in [6, 6.07) is 3.64. The summed E-state index contributed by atoms with van der Waals surface area (Å²) in [5.74, 6) is -0.824. The molecule has 2 aliphatic heterocycles. The fourth-order valence-corrected chi connectivity index (χ4v) is 4.01. The van der Waals surface area contributed by atoms with Gasteiger partial charge in [-0.3, -0.25) is 19.5 Å². The Bertz CT molecular complexity index is 1040. The molecule has 0 spiro atoms. The molecule has 4 rings (SSSR count). The number of aryl methyl sites for hydroxylation is 1. The van der Waals surface area contributed by atoms with Crippen LogP contribution in [0.15, 0.2) is 18.3 Å². The van der Waals surface area contributed by atoms with Gasteiger partial charge in [-0.15, -0.1) is 0 Å². The Morgan fingerprint density at radius 3 is 2.72 bits per heavy atom. The number of piperazine rings is 1. The number of carbonyl (C=O) groups is 2. The molecule has 0 aliphatic carbocycles. The monoisotopic (exact) mass is 442 g/mol. The van der Waals surface area contributed by atoms with E-state index in [2.05, 4.69) is 30.4 Å². The van der Waals surface area contributed by atoms with Crippen LogP contribution in [0.5, 0.6) is 5.75 Å². The van der Waals surface area contributed by atoms with Gasteiger partial charge in [0.05, 0.1) is 23.3 Å². The third-order valence-electron chi connectivity index (χ3n) is 5.84. The number of halogens is 1. The zero-order chi connectivity index (χ0) is 22.8. The number of hydrogen-bond donors (Lipinski definition) is 2. The first-order valence-electron chi connectivity index (χ1n) is 10.7. The van der Waals surface area contributed by atoms with Crippen LogP contribution in [0.25, 0.3) is 0 Å². The fraction of sp³-hybridized carbons (Fsp3) is 0.455. The highest BCUT2D eigenvalue weighted by Gasteiger charge is 2.30. The Hall–Kier alpha value is -3.27. The van der Waals surface area contributed by atoms with Gasteiger partial charge in [-0.05, 0) is 25.5 Å². The van der Waals surface area contributed by atoms with E-state index in [9.17, 15) is 9.59 Å². The summed E-state index contributed by atoms with van der Waals surface area (Å²) in [6.07, 6.45) is 1.36. The van der Waals surface area contributed by atoms with E-state index in [1.165, 1.54) is 6.20 Å². The van der Waals surface area contributed by atoms with E-state index in [1.54, 1.807) is 13.1 Å². The molecule has 1 atom stereocenters. The maximum Gasteiger partial charge on any atom is 0.269 e. The Balaban J connectivity index is 1.40. The number of carbonyl (C=O) groups excluding carboxylic acids is 2. The van der Waals surface area contributed by atoms with Crippen LogP contribution in [-0.4, -0.2) is 66.0 Å². The molecule has 170 valence electrons. The lowest BCUT2D eigenvalue weighted by atomic mass is 10.1. The maximum absolute atomic E-state index is 15.0. The van der Waals surface area contributed by atoms with Crippen molar-refractivity contribution >= 4 is 23.2 Å². The molecule has 4 heterocycles. The van der Waals surface area contributed by atoms with Crippen molar-refractivity contribution in [3.63, 3.8) is 0 Å². The van der Waals surface area contributed by atoms with Crippen molar-refractivity contribution in [2.75, 3.05) is 43.4 Å². The van der Waals surface area contributed by atoms with Gasteiger partial charge in [-0.25, -0.2) is 9.37 Å². The third kappa shape index (κ3) is 4.22. The average molecular weight is 442 g/mol. The molecule has 32 heavy (non-hydrogen) atoms. The molecule has 0 bridgehead atoms. The number of nitrogens with zero attached hydrogens (tertiary/aromatic N) is 4. The van der Waals surface area contributed by atoms with Crippen LogP contribution in [-0.2, 0) is 11.3 Å². The number of aromatic nitrogens is 2. The van der Waals surface area contributed by atoms with Gasteiger partial charge in [-0.1, -0.05) is 6.92 Å². The molecule has 2 aromatic heterocycles. The molecule has 2 aliphatic rings. The zero-order valence-electron chi connectivity index (χ0n) is 18.4. The largest absolute Gasteiger partial charge is 0.477 e. The van der Waals surface area contributed by atoms with E-state index >= 15 is 4.39 Å². The first kappa shape index (κ1) is 21.9. The smallest absolute Gasteiger partial charge is 0.269 e. The molecule has 1 fully saturated rings. The summed E-state index contributed by atoms with van der Waals surface area (Å²) in [6.45, 7) is 6.98. The summed E-state index contributed by atoms with van der Waals surface area (Å²) in [5.41, 5.74) is 2.52.